The number of pyridine rings is 1. The van der Waals surface area contributed by atoms with Crippen molar-refractivity contribution in [2.45, 2.75) is 19.4 Å². The molecule has 0 aromatic carbocycles. The number of fused-ring (bicyclic) bond motifs is 1. The van der Waals surface area contributed by atoms with E-state index in [1.165, 1.54) is 10.6 Å². The largest absolute Gasteiger partial charge is 0.481 e. The van der Waals surface area contributed by atoms with Crippen molar-refractivity contribution >= 4 is 17.6 Å². The Morgan fingerprint density at radius 2 is 2.27 bits per heavy atom. The van der Waals surface area contributed by atoms with E-state index >= 15 is 0 Å². The quantitative estimate of drug-likeness (QED) is 0.783. The highest BCUT2D eigenvalue weighted by molar-refractivity contribution is 6.31. The average molecular weight is 228 g/mol. The highest BCUT2D eigenvalue weighted by Gasteiger charge is 2.25. The fraction of sp³-hybridized carbons (Fsp3) is 0.400. The van der Waals surface area contributed by atoms with Crippen molar-refractivity contribution in [3.63, 3.8) is 0 Å². The van der Waals surface area contributed by atoms with E-state index in [0.717, 1.165) is 5.69 Å². The molecule has 0 saturated heterocycles. The van der Waals surface area contributed by atoms with Crippen LogP contribution in [0.2, 0.25) is 5.02 Å². The van der Waals surface area contributed by atoms with E-state index in [1.807, 2.05) is 0 Å². The molecule has 0 aliphatic carbocycles. The number of hydrogen-bond donors (Lipinski definition) is 1. The maximum Gasteiger partial charge on any atom is 0.308 e. The Hall–Kier alpha value is -1.29. The lowest BCUT2D eigenvalue weighted by Gasteiger charge is -2.23. The second kappa shape index (κ2) is 3.70. The minimum atomic E-state index is -0.854. The van der Waals surface area contributed by atoms with Gasteiger partial charge in [-0.3, -0.25) is 9.59 Å². The van der Waals surface area contributed by atoms with E-state index < -0.39 is 11.9 Å². The van der Waals surface area contributed by atoms with Gasteiger partial charge in [0.25, 0.3) is 5.56 Å². The molecule has 1 aliphatic heterocycles. The topological polar surface area (TPSA) is 59.3 Å². The SMILES string of the molecule is O=C(O)C1CCc2c(Cl)ccc(=O)n2C1. The molecule has 4 nitrogen and oxygen atoms in total. The van der Waals surface area contributed by atoms with Crippen LogP contribution in [0.4, 0.5) is 0 Å². The summed E-state index contributed by atoms with van der Waals surface area (Å²) in [5.41, 5.74) is 0.571. The van der Waals surface area contributed by atoms with E-state index in [0.29, 0.717) is 17.9 Å². The predicted molar refractivity (Wildman–Crippen MR) is 55.2 cm³/mol. The van der Waals surface area contributed by atoms with Crippen molar-refractivity contribution in [1.82, 2.24) is 4.57 Å². The Morgan fingerprint density at radius 1 is 1.53 bits per heavy atom. The minimum Gasteiger partial charge on any atom is -0.481 e. The van der Waals surface area contributed by atoms with Crippen molar-refractivity contribution in [1.29, 1.82) is 0 Å². The first-order valence-corrected chi connectivity index (χ1v) is 5.08. The molecule has 1 atom stereocenters. The third kappa shape index (κ3) is 1.77. The number of halogens is 1. The van der Waals surface area contributed by atoms with Crippen LogP contribution >= 0.6 is 11.6 Å². The van der Waals surface area contributed by atoms with Gasteiger partial charge in [0.05, 0.1) is 10.9 Å². The number of hydrogen-bond acceptors (Lipinski definition) is 2. The summed E-state index contributed by atoms with van der Waals surface area (Å²) < 4.78 is 1.46. The number of rotatable bonds is 1. The van der Waals surface area contributed by atoms with Crippen molar-refractivity contribution < 1.29 is 9.90 Å². The average Bonchev–Trinajstić information content (AvgIpc) is 2.23. The number of aliphatic carboxylic acids is 1. The highest BCUT2D eigenvalue weighted by atomic mass is 35.5. The molecule has 0 radical (unpaired) electrons. The van der Waals surface area contributed by atoms with Gasteiger partial charge in [-0.05, 0) is 18.9 Å². The molecular weight excluding hydrogens is 218 g/mol. The van der Waals surface area contributed by atoms with Gasteiger partial charge in [0.15, 0.2) is 0 Å². The summed E-state index contributed by atoms with van der Waals surface area (Å²) in [7, 11) is 0. The van der Waals surface area contributed by atoms with Gasteiger partial charge in [-0.15, -0.1) is 0 Å². The summed E-state index contributed by atoms with van der Waals surface area (Å²) in [5.74, 6) is -1.33. The Labute approximate surface area is 91.1 Å². The molecule has 0 amide bonds. The number of carboxylic acid groups (broad SMARTS) is 1. The molecule has 15 heavy (non-hydrogen) atoms. The van der Waals surface area contributed by atoms with Gasteiger partial charge < -0.3 is 9.67 Å². The maximum absolute atomic E-state index is 11.5. The molecule has 0 bridgehead atoms. The molecule has 1 unspecified atom stereocenters. The van der Waals surface area contributed by atoms with E-state index in [2.05, 4.69) is 0 Å². The molecule has 1 aromatic rings. The summed E-state index contributed by atoms with van der Waals surface area (Å²) in [6, 6.07) is 2.94. The Balaban J connectivity index is 2.45. The third-order valence-corrected chi connectivity index (χ3v) is 3.07. The monoisotopic (exact) mass is 227 g/mol. The smallest absolute Gasteiger partial charge is 0.308 e. The molecule has 2 rings (SSSR count). The highest BCUT2D eigenvalue weighted by Crippen LogP contribution is 2.23. The van der Waals surface area contributed by atoms with Crippen molar-refractivity contribution in [3.8, 4) is 0 Å². The Morgan fingerprint density at radius 3 is 2.93 bits per heavy atom. The van der Waals surface area contributed by atoms with Crippen LogP contribution in [-0.4, -0.2) is 15.6 Å². The van der Waals surface area contributed by atoms with Crippen LogP contribution in [0.25, 0.3) is 0 Å². The molecule has 1 aliphatic rings. The molecule has 5 heteroatoms. The second-order valence-electron chi connectivity index (χ2n) is 3.65. The van der Waals surface area contributed by atoms with Crippen LogP contribution in [0.15, 0.2) is 16.9 Å². The van der Waals surface area contributed by atoms with Crippen LogP contribution in [0, 0.1) is 5.92 Å². The summed E-state index contributed by atoms with van der Waals surface area (Å²) >= 11 is 5.93. The van der Waals surface area contributed by atoms with Crippen LogP contribution in [-0.2, 0) is 17.8 Å². The fourth-order valence-electron chi connectivity index (χ4n) is 1.87. The van der Waals surface area contributed by atoms with Gasteiger partial charge in [-0.2, -0.15) is 0 Å². The molecule has 0 fully saturated rings. The van der Waals surface area contributed by atoms with Gasteiger partial charge >= 0.3 is 5.97 Å². The fourth-order valence-corrected chi connectivity index (χ4v) is 2.13. The first-order chi connectivity index (χ1) is 7.09. The van der Waals surface area contributed by atoms with E-state index in [1.54, 1.807) is 6.07 Å². The number of carbonyl (C=O) groups is 1. The third-order valence-electron chi connectivity index (χ3n) is 2.72. The first kappa shape index (κ1) is 10.2. The van der Waals surface area contributed by atoms with Crippen LogP contribution in [0.3, 0.4) is 0 Å². The van der Waals surface area contributed by atoms with Gasteiger partial charge in [-0.1, -0.05) is 11.6 Å². The summed E-state index contributed by atoms with van der Waals surface area (Å²) in [6.45, 7) is 0.226. The van der Waals surface area contributed by atoms with E-state index in [9.17, 15) is 9.59 Å². The number of nitrogens with zero attached hydrogens (tertiary/aromatic N) is 1. The van der Waals surface area contributed by atoms with E-state index in [-0.39, 0.29) is 12.1 Å². The molecule has 0 spiro atoms. The van der Waals surface area contributed by atoms with Gasteiger partial charge in [0.1, 0.15) is 0 Å². The van der Waals surface area contributed by atoms with Crippen molar-refractivity contribution in [2.75, 3.05) is 0 Å². The zero-order valence-corrected chi connectivity index (χ0v) is 8.70. The van der Waals surface area contributed by atoms with Crippen LogP contribution in [0.5, 0.6) is 0 Å². The number of aromatic nitrogens is 1. The normalized spacial score (nSPS) is 19.7. The zero-order valence-electron chi connectivity index (χ0n) is 7.94. The van der Waals surface area contributed by atoms with Crippen molar-refractivity contribution in [3.05, 3.63) is 33.2 Å². The summed E-state index contributed by atoms with van der Waals surface area (Å²) in [5, 5.41) is 9.42. The predicted octanol–water partition coefficient (Wildman–Crippen LogP) is 1.15. The maximum atomic E-state index is 11.5. The van der Waals surface area contributed by atoms with E-state index in [4.69, 9.17) is 16.7 Å². The molecular formula is C10H10ClNO3. The molecule has 80 valence electrons. The Kier molecular flexibility index (Phi) is 2.52. The summed E-state index contributed by atoms with van der Waals surface area (Å²) in [6.07, 6.45) is 1.09. The van der Waals surface area contributed by atoms with Crippen molar-refractivity contribution in [2.24, 2.45) is 5.92 Å². The molecule has 0 saturated carbocycles. The minimum absolute atomic E-state index is 0.180. The lowest BCUT2D eigenvalue weighted by atomic mass is 9.97. The molecule has 1 N–H and O–H groups in total. The molecule has 2 heterocycles. The van der Waals surface area contributed by atoms with Gasteiger partial charge in [0.2, 0.25) is 0 Å². The zero-order chi connectivity index (χ0) is 11.0. The van der Waals surface area contributed by atoms with Gasteiger partial charge in [0, 0.05) is 18.3 Å². The second-order valence-corrected chi connectivity index (χ2v) is 4.06. The molecule has 1 aromatic heterocycles. The Bertz CT molecular complexity index is 466. The summed E-state index contributed by atoms with van der Waals surface area (Å²) in [4.78, 5) is 22.3. The van der Waals surface area contributed by atoms with Crippen LogP contribution < -0.4 is 5.56 Å². The van der Waals surface area contributed by atoms with Crippen LogP contribution in [0.1, 0.15) is 12.1 Å². The first-order valence-electron chi connectivity index (χ1n) is 4.70. The lowest BCUT2D eigenvalue weighted by molar-refractivity contribution is -0.142. The number of carboxylic acids is 1. The standard InChI is InChI=1S/C10H10ClNO3/c11-7-2-4-9(13)12-5-6(10(14)15)1-3-8(7)12/h2,4,6H,1,3,5H2,(H,14,15). The lowest BCUT2D eigenvalue weighted by Crippen LogP contribution is -2.34. The van der Waals surface area contributed by atoms with Gasteiger partial charge in [-0.25, -0.2) is 0 Å².